The highest BCUT2D eigenvalue weighted by Gasteiger charge is 2.42. The Morgan fingerprint density at radius 3 is 1.81 bits per heavy atom. The van der Waals surface area contributed by atoms with Crippen molar-refractivity contribution in [2.75, 3.05) is 7.11 Å². The quantitative estimate of drug-likeness (QED) is 0.223. The Bertz CT molecular complexity index is 1240. The standard InChI is InChI=1S/C39H52OP2/c1-29-21-25-34(26-22-29)42(35-27-23-31(40-3)24-28-35)39-20-11-10-17-38(39)37-19-12-18-36(37)30(2)41(32-13-6-4-7-14-32)33-15-8-5-9-16-33/h10-11,17,20-28,30,32-33,36-37H,4-9,12-16,18-19H2,1-3H3/t30-,36?,37?,42?/m1/s1. The van der Waals surface area contributed by atoms with Crippen LogP contribution >= 0.6 is 15.8 Å². The summed E-state index contributed by atoms with van der Waals surface area (Å²) in [5.41, 5.74) is 5.95. The summed E-state index contributed by atoms with van der Waals surface area (Å²) < 4.78 is 5.55. The van der Waals surface area contributed by atoms with Crippen molar-refractivity contribution in [2.45, 2.75) is 120 Å². The molecule has 3 fully saturated rings. The molecular formula is C39H52OP2. The van der Waals surface area contributed by atoms with Gasteiger partial charge in [0.15, 0.2) is 0 Å². The average molecular weight is 599 g/mol. The van der Waals surface area contributed by atoms with E-state index in [1.54, 1.807) is 18.0 Å². The molecule has 0 bridgehead atoms. The lowest BCUT2D eigenvalue weighted by molar-refractivity contribution is 0.415. The molecule has 4 atom stereocenters. The Labute approximate surface area is 258 Å². The second kappa shape index (κ2) is 14.4. The smallest absolute Gasteiger partial charge is 0.118 e. The number of aryl methyl sites for hydroxylation is 1. The lowest BCUT2D eigenvalue weighted by Gasteiger charge is -2.45. The first-order chi connectivity index (χ1) is 20.6. The molecule has 3 aliphatic carbocycles. The molecule has 3 aliphatic rings. The van der Waals surface area contributed by atoms with Gasteiger partial charge in [-0.15, -0.1) is 0 Å². The van der Waals surface area contributed by atoms with Gasteiger partial charge in [0.1, 0.15) is 5.75 Å². The molecule has 3 aromatic rings. The first-order valence-electron chi connectivity index (χ1n) is 17.0. The second-order valence-corrected chi connectivity index (χ2v) is 18.8. The monoisotopic (exact) mass is 598 g/mol. The summed E-state index contributed by atoms with van der Waals surface area (Å²) in [6, 6.07) is 28.0. The molecule has 224 valence electrons. The maximum atomic E-state index is 5.55. The Balaban J connectivity index is 1.37. The first-order valence-corrected chi connectivity index (χ1v) is 19.9. The van der Waals surface area contributed by atoms with E-state index in [2.05, 4.69) is 86.6 Å². The van der Waals surface area contributed by atoms with E-state index in [1.807, 2.05) is 0 Å². The van der Waals surface area contributed by atoms with Crippen molar-refractivity contribution in [1.29, 1.82) is 0 Å². The molecule has 0 N–H and O–H groups in total. The lowest BCUT2D eigenvalue weighted by Crippen LogP contribution is -2.32. The van der Waals surface area contributed by atoms with Crippen LogP contribution in [0.4, 0.5) is 0 Å². The third kappa shape index (κ3) is 6.69. The van der Waals surface area contributed by atoms with E-state index in [0.717, 1.165) is 28.6 Å². The van der Waals surface area contributed by atoms with Crippen molar-refractivity contribution >= 4 is 31.8 Å². The van der Waals surface area contributed by atoms with E-state index < -0.39 is 7.92 Å². The van der Waals surface area contributed by atoms with Crippen LogP contribution in [0.15, 0.2) is 72.8 Å². The molecule has 3 unspecified atom stereocenters. The van der Waals surface area contributed by atoms with Crippen molar-refractivity contribution in [2.24, 2.45) is 5.92 Å². The molecule has 0 heterocycles. The van der Waals surface area contributed by atoms with Crippen molar-refractivity contribution < 1.29 is 4.74 Å². The van der Waals surface area contributed by atoms with Gasteiger partial charge in [-0.05, 0) is 116 Å². The number of methoxy groups -OCH3 is 1. The molecule has 0 aliphatic heterocycles. The van der Waals surface area contributed by atoms with E-state index in [1.165, 1.54) is 99.6 Å². The fourth-order valence-electron chi connectivity index (χ4n) is 8.75. The molecular weight excluding hydrogens is 546 g/mol. The zero-order chi connectivity index (χ0) is 28.9. The summed E-state index contributed by atoms with van der Waals surface area (Å²) in [7, 11) is 1.21. The summed E-state index contributed by atoms with van der Waals surface area (Å²) >= 11 is 0. The highest BCUT2D eigenvalue weighted by molar-refractivity contribution is 7.79. The van der Waals surface area contributed by atoms with Crippen LogP contribution in [0.5, 0.6) is 5.75 Å². The molecule has 6 rings (SSSR count). The number of ether oxygens (including phenoxy) is 1. The minimum atomic E-state index is -0.641. The highest BCUT2D eigenvalue weighted by atomic mass is 31.1. The fraction of sp³-hybridized carbons (Fsp3) is 0.538. The van der Waals surface area contributed by atoms with Gasteiger partial charge in [0.25, 0.3) is 0 Å². The number of hydrogen-bond acceptors (Lipinski definition) is 1. The highest BCUT2D eigenvalue weighted by Crippen LogP contribution is 2.63. The molecule has 3 saturated carbocycles. The van der Waals surface area contributed by atoms with Crippen molar-refractivity contribution in [3.05, 3.63) is 83.9 Å². The largest absolute Gasteiger partial charge is 0.497 e. The van der Waals surface area contributed by atoms with Gasteiger partial charge in [-0.2, -0.15) is 0 Å². The maximum Gasteiger partial charge on any atom is 0.118 e. The van der Waals surface area contributed by atoms with Crippen LogP contribution in [0, 0.1) is 12.8 Å². The molecule has 0 spiro atoms. The zero-order valence-electron chi connectivity index (χ0n) is 26.3. The molecule has 0 aromatic heterocycles. The summed E-state index contributed by atoms with van der Waals surface area (Å²) in [4.78, 5) is 0. The van der Waals surface area contributed by atoms with Gasteiger partial charge >= 0.3 is 0 Å². The summed E-state index contributed by atoms with van der Waals surface area (Å²) in [5, 5.41) is 4.48. The average Bonchev–Trinajstić information content (AvgIpc) is 3.54. The molecule has 3 heteroatoms. The second-order valence-electron chi connectivity index (χ2n) is 13.4. The molecule has 0 radical (unpaired) electrons. The number of benzene rings is 3. The van der Waals surface area contributed by atoms with E-state index in [0.29, 0.717) is 5.92 Å². The van der Waals surface area contributed by atoms with Gasteiger partial charge in [0.05, 0.1) is 7.11 Å². The third-order valence-electron chi connectivity index (χ3n) is 10.9. The summed E-state index contributed by atoms with van der Waals surface area (Å²) in [6.07, 6.45) is 19.2. The van der Waals surface area contributed by atoms with Crippen LogP contribution < -0.4 is 20.7 Å². The predicted octanol–water partition coefficient (Wildman–Crippen LogP) is 10.2. The van der Waals surface area contributed by atoms with E-state index in [9.17, 15) is 0 Å². The Hall–Kier alpha value is -1.68. The minimum Gasteiger partial charge on any atom is -0.497 e. The molecule has 0 amide bonds. The van der Waals surface area contributed by atoms with E-state index in [4.69, 9.17) is 4.74 Å². The Morgan fingerprint density at radius 2 is 1.21 bits per heavy atom. The van der Waals surface area contributed by atoms with Crippen molar-refractivity contribution in [3.63, 3.8) is 0 Å². The van der Waals surface area contributed by atoms with Crippen LogP contribution in [-0.2, 0) is 0 Å². The van der Waals surface area contributed by atoms with Gasteiger partial charge < -0.3 is 4.74 Å². The molecule has 42 heavy (non-hydrogen) atoms. The molecule has 1 nitrogen and oxygen atoms in total. The van der Waals surface area contributed by atoms with Crippen LogP contribution in [-0.4, -0.2) is 24.1 Å². The van der Waals surface area contributed by atoms with Crippen LogP contribution in [0.25, 0.3) is 0 Å². The topological polar surface area (TPSA) is 9.23 Å². The van der Waals surface area contributed by atoms with Crippen molar-refractivity contribution in [3.8, 4) is 5.75 Å². The first kappa shape index (κ1) is 30.4. The lowest BCUT2D eigenvalue weighted by atomic mass is 9.87. The van der Waals surface area contributed by atoms with Crippen molar-refractivity contribution in [1.82, 2.24) is 0 Å². The Kier molecular flexibility index (Phi) is 10.4. The normalized spacial score (nSPS) is 23.6. The minimum absolute atomic E-state index is 0.0832. The van der Waals surface area contributed by atoms with Gasteiger partial charge in [-0.25, -0.2) is 0 Å². The third-order valence-corrected chi connectivity index (χ3v) is 17.4. The van der Waals surface area contributed by atoms with E-state index in [-0.39, 0.29) is 7.92 Å². The summed E-state index contributed by atoms with van der Waals surface area (Å²) in [5.74, 6) is 2.48. The predicted molar refractivity (Wildman–Crippen MR) is 187 cm³/mol. The summed E-state index contributed by atoms with van der Waals surface area (Å²) in [6.45, 7) is 4.95. The van der Waals surface area contributed by atoms with Gasteiger partial charge in [0, 0.05) is 0 Å². The maximum absolute atomic E-state index is 5.55. The van der Waals surface area contributed by atoms with Gasteiger partial charge in [-0.1, -0.05) is 126 Å². The van der Waals surface area contributed by atoms with Gasteiger partial charge in [0.2, 0.25) is 0 Å². The Morgan fingerprint density at radius 1 is 0.643 bits per heavy atom. The van der Waals surface area contributed by atoms with Crippen LogP contribution in [0.3, 0.4) is 0 Å². The number of hydrogen-bond donors (Lipinski definition) is 0. The van der Waals surface area contributed by atoms with E-state index >= 15 is 0 Å². The van der Waals surface area contributed by atoms with Crippen LogP contribution in [0.2, 0.25) is 0 Å². The molecule has 0 saturated heterocycles. The zero-order valence-corrected chi connectivity index (χ0v) is 28.1. The SMILES string of the molecule is COc1ccc(P(c2ccc(C)cc2)c2ccccc2C2CCCC2[C@@H](C)P(C2CCCCC2)C2CCCCC2)cc1. The fourth-order valence-corrected chi connectivity index (χ4v) is 15.9. The van der Waals surface area contributed by atoms with Gasteiger partial charge in [-0.3, -0.25) is 0 Å². The number of rotatable bonds is 9. The molecule has 3 aromatic carbocycles. The van der Waals surface area contributed by atoms with Crippen LogP contribution in [0.1, 0.15) is 107 Å².